The Hall–Kier alpha value is -3.13. The minimum Gasteiger partial charge on any atom is -0.368 e. The zero-order valence-corrected chi connectivity index (χ0v) is 19.7. The molecule has 172 valence electrons. The molecule has 2 heterocycles. The summed E-state index contributed by atoms with van der Waals surface area (Å²) in [5.74, 6) is 1.25. The first-order valence-corrected chi connectivity index (χ1v) is 12.1. The van der Waals surface area contributed by atoms with Crippen LogP contribution in [0.4, 0.5) is 21.6 Å². The van der Waals surface area contributed by atoms with Crippen LogP contribution in [0.25, 0.3) is 0 Å². The topological polar surface area (TPSA) is 61.4 Å². The van der Waals surface area contributed by atoms with E-state index in [2.05, 4.69) is 38.9 Å². The standard InChI is InChI=1S/C25H28FN5OS/c1-18(2)19-3-7-21(8-4-19)28-24(32)17-33-25-27-12-11-23(29-25)31-15-13-30(14-16-31)22-9-5-20(26)6-10-22/h3-12,18H,13-17H2,1-2H3,(H,28,32). The maximum Gasteiger partial charge on any atom is 0.234 e. The van der Waals surface area contributed by atoms with Crippen molar-refractivity contribution in [2.45, 2.75) is 24.9 Å². The molecule has 0 aliphatic carbocycles. The summed E-state index contributed by atoms with van der Waals surface area (Å²) in [5.41, 5.74) is 3.06. The van der Waals surface area contributed by atoms with Crippen LogP contribution in [0.5, 0.6) is 0 Å². The summed E-state index contributed by atoms with van der Waals surface area (Å²) in [4.78, 5) is 25.8. The Balaban J connectivity index is 1.28. The van der Waals surface area contributed by atoms with Crippen molar-refractivity contribution in [3.8, 4) is 0 Å². The van der Waals surface area contributed by atoms with Gasteiger partial charge in [-0.25, -0.2) is 14.4 Å². The lowest BCUT2D eigenvalue weighted by Crippen LogP contribution is -2.46. The number of hydrogen-bond acceptors (Lipinski definition) is 6. The second-order valence-electron chi connectivity index (χ2n) is 8.26. The zero-order chi connectivity index (χ0) is 23.2. The Morgan fingerprint density at radius 2 is 1.67 bits per heavy atom. The van der Waals surface area contributed by atoms with Gasteiger partial charge in [0.2, 0.25) is 5.91 Å². The van der Waals surface area contributed by atoms with Crippen molar-refractivity contribution in [2.75, 3.05) is 47.0 Å². The third-order valence-electron chi connectivity index (χ3n) is 5.61. The highest BCUT2D eigenvalue weighted by Gasteiger charge is 2.19. The fraction of sp³-hybridized carbons (Fsp3) is 0.320. The number of rotatable bonds is 7. The lowest BCUT2D eigenvalue weighted by atomic mass is 10.0. The van der Waals surface area contributed by atoms with Crippen molar-refractivity contribution in [3.05, 3.63) is 72.2 Å². The molecule has 1 aliphatic heterocycles. The second-order valence-corrected chi connectivity index (χ2v) is 9.20. The highest BCUT2D eigenvalue weighted by Crippen LogP contribution is 2.22. The number of amides is 1. The lowest BCUT2D eigenvalue weighted by Gasteiger charge is -2.36. The van der Waals surface area contributed by atoms with Gasteiger partial charge in [-0.05, 0) is 53.9 Å². The first kappa shape index (κ1) is 23.0. The van der Waals surface area contributed by atoms with Gasteiger partial charge in [-0.15, -0.1) is 0 Å². The molecule has 2 aromatic carbocycles. The van der Waals surface area contributed by atoms with Crippen molar-refractivity contribution in [1.82, 2.24) is 9.97 Å². The number of carbonyl (C=O) groups is 1. The molecule has 3 aromatic rings. The highest BCUT2D eigenvalue weighted by atomic mass is 32.2. The number of anilines is 3. The molecule has 6 nitrogen and oxygen atoms in total. The van der Waals surface area contributed by atoms with Crippen LogP contribution in [0, 0.1) is 5.82 Å². The lowest BCUT2D eigenvalue weighted by molar-refractivity contribution is -0.113. The molecule has 0 radical (unpaired) electrons. The number of thioether (sulfide) groups is 1. The van der Waals surface area contributed by atoms with E-state index in [1.165, 1.54) is 29.5 Å². The minimum atomic E-state index is -0.221. The Morgan fingerprint density at radius 3 is 2.33 bits per heavy atom. The fourth-order valence-corrected chi connectivity index (χ4v) is 4.33. The van der Waals surface area contributed by atoms with Crippen molar-refractivity contribution in [3.63, 3.8) is 0 Å². The van der Waals surface area contributed by atoms with Gasteiger partial charge in [0.1, 0.15) is 11.6 Å². The second kappa shape index (κ2) is 10.7. The number of nitrogens with zero attached hydrogens (tertiary/aromatic N) is 4. The first-order chi connectivity index (χ1) is 16.0. The van der Waals surface area contributed by atoms with Gasteiger partial charge in [0.15, 0.2) is 5.16 Å². The van der Waals surface area contributed by atoms with Gasteiger partial charge in [0.05, 0.1) is 5.75 Å². The third kappa shape index (κ3) is 6.22. The summed E-state index contributed by atoms with van der Waals surface area (Å²) in [6.07, 6.45) is 1.74. The molecule has 1 N–H and O–H groups in total. The highest BCUT2D eigenvalue weighted by molar-refractivity contribution is 7.99. The molecule has 1 aromatic heterocycles. The Bertz CT molecular complexity index is 1070. The molecule has 0 atom stereocenters. The van der Waals surface area contributed by atoms with E-state index in [-0.39, 0.29) is 17.5 Å². The smallest absolute Gasteiger partial charge is 0.234 e. The number of halogens is 1. The number of piperazine rings is 1. The molecular weight excluding hydrogens is 437 g/mol. The number of aromatic nitrogens is 2. The number of hydrogen-bond donors (Lipinski definition) is 1. The first-order valence-electron chi connectivity index (χ1n) is 11.1. The molecule has 1 aliphatic rings. The monoisotopic (exact) mass is 465 g/mol. The molecule has 1 amide bonds. The summed E-state index contributed by atoms with van der Waals surface area (Å²) in [7, 11) is 0. The van der Waals surface area contributed by atoms with E-state index in [0.29, 0.717) is 11.1 Å². The predicted molar refractivity (Wildman–Crippen MR) is 133 cm³/mol. The molecular formula is C25H28FN5OS. The predicted octanol–water partition coefficient (Wildman–Crippen LogP) is 4.80. The summed E-state index contributed by atoms with van der Waals surface area (Å²) >= 11 is 1.33. The van der Waals surface area contributed by atoms with E-state index in [0.717, 1.165) is 43.4 Å². The van der Waals surface area contributed by atoms with Crippen LogP contribution in [-0.2, 0) is 4.79 Å². The maximum atomic E-state index is 13.2. The van der Waals surface area contributed by atoms with E-state index in [9.17, 15) is 9.18 Å². The average molecular weight is 466 g/mol. The van der Waals surface area contributed by atoms with Crippen LogP contribution in [0.2, 0.25) is 0 Å². The molecule has 4 rings (SSSR count). The molecule has 0 spiro atoms. The number of nitrogens with one attached hydrogen (secondary N) is 1. The molecule has 0 unspecified atom stereocenters. The summed E-state index contributed by atoms with van der Waals surface area (Å²) in [6.45, 7) is 7.57. The third-order valence-corrected chi connectivity index (χ3v) is 6.47. The van der Waals surface area contributed by atoms with Crippen LogP contribution in [0.1, 0.15) is 25.3 Å². The number of carbonyl (C=O) groups excluding carboxylic acids is 1. The molecule has 1 fully saturated rings. The van der Waals surface area contributed by atoms with Crippen LogP contribution < -0.4 is 15.1 Å². The van der Waals surface area contributed by atoms with Gasteiger partial charge in [-0.2, -0.15) is 0 Å². The van der Waals surface area contributed by atoms with Crippen molar-refractivity contribution in [2.24, 2.45) is 0 Å². The van der Waals surface area contributed by atoms with Gasteiger partial charge >= 0.3 is 0 Å². The van der Waals surface area contributed by atoms with E-state index in [4.69, 9.17) is 0 Å². The van der Waals surface area contributed by atoms with Gasteiger partial charge in [-0.1, -0.05) is 37.7 Å². The molecule has 0 bridgehead atoms. The molecule has 0 saturated carbocycles. The van der Waals surface area contributed by atoms with Crippen LogP contribution in [0.3, 0.4) is 0 Å². The van der Waals surface area contributed by atoms with E-state index in [1.807, 2.05) is 42.5 Å². The van der Waals surface area contributed by atoms with Crippen LogP contribution in [-0.4, -0.2) is 47.8 Å². The maximum absolute atomic E-state index is 13.2. The largest absolute Gasteiger partial charge is 0.368 e. The zero-order valence-electron chi connectivity index (χ0n) is 18.9. The molecule has 8 heteroatoms. The van der Waals surface area contributed by atoms with E-state index in [1.54, 1.807) is 6.20 Å². The SMILES string of the molecule is CC(C)c1ccc(NC(=O)CSc2nccc(N3CCN(c4ccc(F)cc4)CC3)n2)cc1. The van der Waals surface area contributed by atoms with Gasteiger partial charge in [0, 0.05) is 43.8 Å². The fourth-order valence-electron chi connectivity index (χ4n) is 3.70. The number of benzene rings is 2. The summed E-state index contributed by atoms with van der Waals surface area (Å²) in [5, 5.41) is 3.51. The van der Waals surface area contributed by atoms with Gasteiger partial charge in [-0.3, -0.25) is 4.79 Å². The molecule has 1 saturated heterocycles. The van der Waals surface area contributed by atoms with Crippen LogP contribution in [0.15, 0.2) is 66.0 Å². The Labute approximate surface area is 198 Å². The van der Waals surface area contributed by atoms with E-state index >= 15 is 0 Å². The summed E-state index contributed by atoms with van der Waals surface area (Å²) < 4.78 is 13.2. The quantitative estimate of drug-likeness (QED) is 0.400. The molecule has 33 heavy (non-hydrogen) atoms. The van der Waals surface area contributed by atoms with Crippen molar-refractivity contribution >= 4 is 34.9 Å². The van der Waals surface area contributed by atoms with Crippen molar-refractivity contribution in [1.29, 1.82) is 0 Å². The van der Waals surface area contributed by atoms with Gasteiger partial charge in [0.25, 0.3) is 0 Å². The Kier molecular flexibility index (Phi) is 7.44. The normalized spacial score (nSPS) is 13.9. The van der Waals surface area contributed by atoms with Gasteiger partial charge < -0.3 is 15.1 Å². The Morgan fingerprint density at radius 1 is 1.00 bits per heavy atom. The minimum absolute atomic E-state index is 0.0841. The average Bonchev–Trinajstić information content (AvgIpc) is 2.84. The van der Waals surface area contributed by atoms with Crippen molar-refractivity contribution < 1.29 is 9.18 Å². The summed E-state index contributed by atoms with van der Waals surface area (Å²) in [6, 6.07) is 16.4. The van der Waals surface area contributed by atoms with E-state index < -0.39 is 0 Å². The van der Waals surface area contributed by atoms with Crippen LogP contribution >= 0.6 is 11.8 Å².